The number of hydrogen-bond donors (Lipinski definition) is 1. The number of nitrogens with zero attached hydrogens (tertiary/aromatic N) is 1. The van der Waals surface area contributed by atoms with Crippen LogP contribution < -0.4 is 14.8 Å². The normalized spacial score (nSPS) is 15.5. The van der Waals surface area contributed by atoms with Gasteiger partial charge in [0.25, 0.3) is 5.91 Å². The Balaban J connectivity index is 1.52. The second-order valence-electron chi connectivity index (χ2n) is 8.62. The van der Waals surface area contributed by atoms with E-state index >= 15 is 0 Å². The van der Waals surface area contributed by atoms with Crippen molar-refractivity contribution in [2.75, 3.05) is 6.61 Å². The molecular formula is C29H30N2O3S. The van der Waals surface area contributed by atoms with E-state index < -0.39 is 0 Å². The highest BCUT2D eigenvalue weighted by atomic mass is 32.2. The Morgan fingerprint density at radius 3 is 2.29 bits per heavy atom. The number of aliphatic imine (C=N–C) groups is 1. The third kappa shape index (κ3) is 6.14. The van der Waals surface area contributed by atoms with Gasteiger partial charge in [0.2, 0.25) is 0 Å². The molecule has 0 bridgehead atoms. The molecule has 0 saturated carbocycles. The highest BCUT2D eigenvalue weighted by molar-refractivity contribution is 8.18. The summed E-state index contributed by atoms with van der Waals surface area (Å²) < 4.78 is 12.0. The Labute approximate surface area is 211 Å². The summed E-state index contributed by atoms with van der Waals surface area (Å²) in [6, 6.07) is 17.9. The number of aryl methyl sites for hydroxylation is 4. The van der Waals surface area contributed by atoms with Gasteiger partial charge in [-0.3, -0.25) is 4.79 Å². The number of nitrogens with one attached hydrogen (secondary N) is 1. The molecule has 180 valence electrons. The minimum atomic E-state index is -0.163. The molecule has 0 atom stereocenters. The number of carbonyl (C=O) groups is 1. The Morgan fingerprint density at radius 1 is 0.886 bits per heavy atom. The van der Waals surface area contributed by atoms with Gasteiger partial charge in [0, 0.05) is 0 Å². The minimum Gasteiger partial charge on any atom is -0.490 e. The molecule has 1 amide bonds. The zero-order valence-electron chi connectivity index (χ0n) is 20.8. The molecule has 0 radical (unpaired) electrons. The van der Waals surface area contributed by atoms with Crippen molar-refractivity contribution in [3.05, 3.63) is 92.9 Å². The predicted octanol–water partition coefficient (Wildman–Crippen LogP) is 6.79. The topological polar surface area (TPSA) is 59.9 Å². The van der Waals surface area contributed by atoms with Crippen molar-refractivity contribution in [2.24, 2.45) is 4.99 Å². The van der Waals surface area contributed by atoms with Crippen LogP contribution in [0, 0.1) is 27.7 Å². The highest BCUT2D eigenvalue weighted by Crippen LogP contribution is 2.33. The number of rotatable bonds is 7. The third-order valence-electron chi connectivity index (χ3n) is 5.69. The Bertz CT molecular complexity index is 1290. The average Bonchev–Trinajstić information content (AvgIpc) is 3.14. The lowest BCUT2D eigenvalue weighted by Crippen LogP contribution is -2.19. The van der Waals surface area contributed by atoms with Crippen molar-refractivity contribution in [2.45, 2.75) is 41.2 Å². The Kier molecular flexibility index (Phi) is 7.61. The first-order chi connectivity index (χ1) is 16.8. The molecule has 1 heterocycles. The number of carbonyl (C=O) groups excluding carboxylic acids is 1. The number of amides is 1. The summed E-state index contributed by atoms with van der Waals surface area (Å²) in [7, 11) is 0. The van der Waals surface area contributed by atoms with Gasteiger partial charge in [-0.05, 0) is 99.0 Å². The van der Waals surface area contributed by atoms with Crippen molar-refractivity contribution in [1.29, 1.82) is 0 Å². The predicted molar refractivity (Wildman–Crippen MR) is 145 cm³/mol. The van der Waals surface area contributed by atoms with Gasteiger partial charge in [-0.25, -0.2) is 4.99 Å². The summed E-state index contributed by atoms with van der Waals surface area (Å²) in [5.41, 5.74) is 7.69. The van der Waals surface area contributed by atoms with E-state index in [2.05, 4.69) is 43.2 Å². The fourth-order valence-corrected chi connectivity index (χ4v) is 4.80. The van der Waals surface area contributed by atoms with E-state index in [1.807, 2.05) is 62.4 Å². The zero-order valence-corrected chi connectivity index (χ0v) is 21.6. The molecule has 6 heteroatoms. The van der Waals surface area contributed by atoms with E-state index in [0.717, 1.165) is 11.3 Å². The summed E-state index contributed by atoms with van der Waals surface area (Å²) in [6.07, 6.45) is 1.85. The van der Waals surface area contributed by atoms with E-state index in [1.54, 1.807) is 0 Å². The molecule has 1 N–H and O–H groups in total. The van der Waals surface area contributed by atoms with Crippen LogP contribution in [0.2, 0.25) is 0 Å². The quantitative estimate of drug-likeness (QED) is 0.374. The van der Waals surface area contributed by atoms with Crippen LogP contribution in [0.1, 0.15) is 40.3 Å². The SMILES string of the molecule is CCOc1cc(/C=C2\SC(=Nc3ccc(C)cc3)NC2=O)ccc1OCc1c(C)cc(C)cc1C. The molecule has 1 saturated heterocycles. The molecule has 4 rings (SSSR count). The van der Waals surface area contributed by atoms with E-state index in [-0.39, 0.29) is 5.91 Å². The van der Waals surface area contributed by atoms with Crippen LogP contribution in [0.5, 0.6) is 11.5 Å². The largest absolute Gasteiger partial charge is 0.490 e. The molecule has 5 nitrogen and oxygen atoms in total. The second kappa shape index (κ2) is 10.8. The van der Waals surface area contributed by atoms with Gasteiger partial charge in [0.15, 0.2) is 16.7 Å². The first kappa shape index (κ1) is 24.6. The van der Waals surface area contributed by atoms with Gasteiger partial charge in [0.1, 0.15) is 6.61 Å². The van der Waals surface area contributed by atoms with Crippen LogP contribution in [0.15, 0.2) is 64.5 Å². The molecule has 1 aliphatic rings. The maximum atomic E-state index is 12.5. The van der Waals surface area contributed by atoms with Gasteiger partial charge in [-0.2, -0.15) is 0 Å². The summed E-state index contributed by atoms with van der Waals surface area (Å²) in [6.45, 7) is 11.3. The van der Waals surface area contributed by atoms with Gasteiger partial charge in [-0.15, -0.1) is 0 Å². The average molecular weight is 487 g/mol. The van der Waals surface area contributed by atoms with Crippen LogP contribution in [-0.2, 0) is 11.4 Å². The molecule has 0 aromatic heterocycles. The van der Waals surface area contributed by atoms with Crippen LogP contribution in [0.3, 0.4) is 0 Å². The molecule has 3 aromatic carbocycles. The Hall–Kier alpha value is -3.51. The summed E-state index contributed by atoms with van der Waals surface area (Å²) in [5, 5.41) is 3.41. The first-order valence-corrected chi connectivity index (χ1v) is 12.5. The monoisotopic (exact) mass is 486 g/mol. The lowest BCUT2D eigenvalue weighted by Gasteiger charge is -2.15. The highest BCUT2D eigenvalue weighted by Gasteiger charge is 2.24. The fourth-order valence-electron chi connectivity index (χ4n) is 3.96. The maximum absolute atomic E-state index is 12.5. The van der Waals surface area contributed by atoms with E-state index in [1.165, 1.54) is 39.6 Å². The van der Waals surface area contributed by atoms with Crippen molar-refractivity contribution in [3.63, 3.8) is 0 Å². The van der Waals surface area contributed by atoms with Crippen LogP contribution in [-0.4, -0.2) is 17.7 Å². The molecule has 1 fully saturated rings. The number of ether oxygens (including phenoxy) is 2. The number of benzene rings is 3. The smallest absolute Gasteiger partial charge is 0.264 e. The summed E-state index contributed by atoms with van der Waals surface area (Å²) >= 11 is 1.33. The number of amidine groups is 1. The summed E-state index contributed by atoms with van der Waals surface area (Å²) in [5.74, 6) is 1.17. The van der Waals surface area contributed by atoms with Gasteiger partial charge in [-0.1, -0.05) is 41.5 Å². The first-order valence-electron chi connectivity index (χ1n) is 11.6. The molecule has 1 aliphatic heterocycles. The lowest BCUT2D eigenvalue weighted by atomic mass is 10.0. The minimum absolute atomic E-state index is 0.163. The molecular weight excluding hydrogens is 456 g/mol. The zero-order chi connectivity index (χ0) is 24.9. The van der Waals surface area contributed by atoms with Crippen LogP contribution in [0.4, 0.5) is 5.69 Å². The van der Waals surface area contributed by atoms with Crippen molar-refractivity contribution in [3.8, 4) is 11.5 Å². The molecule has 3 aromatic rings. The standard InChI is InChI=1S/C29H30N2O3S/c1-6-33-26-15-22(9-12-25(26)34-17-24-20(4)13-19(3)14-21(24)5)16-27-28(32)31-29(35-27)30-23-10-7-18(2)8-11-23/h7-16H,6,17H2,1-5H3,(H,30,31,32)/b27-16-. The number of thioether (sulfide) groups is 1. The van der Waals surface area contributed by atoms with Gasteiger partial charge >= 0.3 is 0 Å². The van der Waals surface area contributed by atoms with E-state index in [4.69, 9.17) is 9.47 Å². The lowest BCUT2D eigenvalue weighted by molar-refractivity contribution is -0.115. The second-order valence-corrected chi connectivity index (χ2v) is 9.65. The van der Waals surface area contributed by atoms with Crippen molar-refractivity contribution >= 4 is 34.6 Å². The van der Waals surface area contributed by atoms with Crippen LogP contribution >= 0.6 is 11.8 Å². The van der Waals surface area contributed by atoms with Gasteiger partial charge < -0.3 is 14.8 Å². The van der Waals surface area contributed by atoms with Gasteiger partial charge in [0.05, 0.1) is 17.2 Å². The number of hydrogen-bond acceptors (Lipinski definition) is 5. The van der Waals surface area contributed by atoms with E-state index in [0.29, 0.717) is 34.8 Å². The van der Waals surface area contributed by atoms with E-state index in [9.17, 15) is 4.79 Å². The maximum Gasteiger partial charge on any atom is 0.264 e. The third-order valence-corrected chi connectivity index (χ3v) is 6.60. The molecule has 0 aliphatic carbocycles. The fraction of sp³-hybridized carbons (Fsp3) is 0.241. The molecule has 0 unspecified atom stereocenters. The Morgan fingerprint density at radius 2 is 1.60 bits per heavy atom. The van der Waals surface area contributed by atoms with Crippen molar-refractivity contribution < 1.29 is 14.3 Å². The van der Waals surface area contributed by atoms with Crippen LogP contribution in [0.25, 0.3) is 6.08 Å². The molecule has 0 spiro atoms. The van der Waals surface area contributed by atoms with Crippen molar-refractivity contribution in [1.82, 2.24) is 5.32 Å². The summed E-state index contributed by atoms with van der Waals surface area (Å²) in [4.78, 5) is 17.6. The molecule has 35 heavy (non-hydrogen) atoms.